The first-order valence-corrected chi connectivity index (χ1v) is 9.36. The number of terminal acetylenes is 1. The van der Waals surface area contributed by atoms with Crippen molar-refractivity contribution in [3.8, 4) is 12.3 Å². The van der Waals surface area contributed by atoms with Gasteiger partial charge in [-0.15, -0.1) is 6.42 Å². The first-order chi connectivity index (χ1) is 11.6. The maximum absolute atomic E-state index is 11.0. The molecule has 0 radical (unpaired) electrons. The molecule has 2 saturated carbocycles. The first kappa shape index (κ1) is 14.6. The molecule has 2 N–H and O–H groups in total. The lowest BCUT2D eigenvalue weighted by molar-refractivity contribution is -0.0646. The molecule has 1 aromatic carbocycles. The molecule has 2 nitrogen and oxygen atoms in total. The van der Waals surface area contributed by atoms with Crippen molar-refractivity contribution in [3.63, 3.8) is 0 Å². The summed E-state index contributed by atoms with van der Waals surface area (Å²) in [4.78, 5) is 3.35. The Morgan fingerprint density at radius 2 is 2.12 bits per heavy atom. The number of fused-ring (bicyclic) bond motifs is 6. The molecule has 5 atom stereocenters. The highest BCUT2D eigenvalue weighted by atomic mass is 16.3. The number of aromatic nitrogens is 1. The van der Waals surface area contributed by atoms with Crippen LogP contribution in [0.15, 0.2) is 24.4 Å². The Balaban J connectivity index is 1.58. The Kier molecular flexibility index (Phi) is 2.84. The third-order valence-corrected chi connectivity index (χ3v) is 7.79. The molecule has 0 bridgehead atoms. The van der Waals surface area contributed by atoms with Gasteiger partial charge in [0.15, 0.2) is 0 Å². The summed E-state index contributed by atoms with van der Waals surface area (Å²) in [7, 11) is 0. The zero-order valence-corrected chi connectivity index (χ0v) is 14.3. The van der Waals surface area contributed by atoms with Crippen molar-refractivity contribution in [3.05, 3.63) is 35.5 Å². The van der Waals surface area contributed by atoms with Crippen molar-refractivity contribution in [1.29, 1.82) is 0 Å². The summed E-state index contributed by atoms with van der Waals surface area (Å²) < 4.78 is 0. The van der Waals surface area contributed by atoms with Gasteiger partial charge < -0.3 is 10.1 Å². The summed E-state index contributed by atoms with van der Waals surface area (Å²) in [5, 5.41) is 12.3. The van der Waals surface area contributed by atoms with E-state index >= 15 is 0 Å². The highest BCUT2D eigenvalue weighted by Crippen LogP contribution is 2.64. The van der Waals surface area contributed by atoms with Crippen LogP contribution in [0.1, 0.15) is 56.1 Å². The number of hydrogen-bond acceptors (Lipinski definition) is 1. The van der Waals surface area contributed by atoms with Gasteiger partial charge in [0.2, 0.25) is 0 Å². The van der Waals surface area contributed by atoms with Gasteiger partial charge in [0.1, 0.15) is 5.60 Å². The predicted molar refractivity (Wildman–Crippen MR) is 96.7 cm³/mol. The molecule has 2 heteroatoms. The van der Waals surface area contributed by atoms with Gasteiger partial charge in [-0.25, -0.2) is 0 Å². The fraction of sp³-hybridized carbons (Fsp3) is 0.545. The number of aliphatic hydroxyl groups is 1. The van der Waals surface area contributed by atoms with Crippen LogP contribution < -0.4 is 0 Å². The molecule has 1 aromatic heterocycles. The zero-order valence-electron chi connectivity index (χ0n) is 14.3. The van der Waals surface area contributed by atoms with Gasteiger partial charge in [0.25, 0.3) is 0 Å². The van der Waals surface area contributed by atoms with Crippen LogP contribution in [0.25, 0.3) is 10.9 Å². The Morgan fingerprint density at radius 1 is 1.25 bits per heavy atom. The van der Waals surface area contributed by atoms with Gasteiger partial charge in [0, 0.05) is 17.1 Å². The topological polar surface area (TPSA) is 36.0 Å². The van der Waals surface area contributed by atoms with Crippen molar-refractivity contribution in [2.75, 3.05) is 0 Å². The molecular formula is C22H25NO. The largest absolute Gasteiger partial charge is 0.377 e. The predicted octanol–water partition coefficient (Wildman–Crippen LogP) is 4.39. The number of aryl methyl sites for hydroxylation is 1. The summed E-state index contributed by atoms with van der Waals surface area (Å²) in [6, 6.07) is 6.96. The molecule has 2 aromatic rings. The van der Waals surface area contributed by atoms with Crippen LogP contribution >= 0.6 is 0 Å². The lowest BCUT2D eigenvalue weighted by Gasteiger charge is -2.52. The lowest BCUT2D eigenvalue weighted by Crippen LogP contribution is -2.50. The Hall–Kier alpha value is -1.72. The Labute approximate surface area is 143 Å². The normalized spacial score (nSPS) is 40.6. The van der Waals surface area contributed by atoms with Crippen LogP contribution in [0.2, 0.25) is 0 Å². The number of hydrogen-bond donors (Lipinski definition) is 2. The second-order valence-electron chi connectivity index (χ2n) is 8.53. The SMILES string of the molecule is C#C[C@]1(O)CCC2C3CCc4cc5[nH]ccc5cc4C3CC[C@@]21C. The zero-order chi connectivity index (χ0) is 16.5. The first-order valence-electron chi connectivity index (χ1n) is 9.36. The van der Waals surface area contributed by atoms with Crippen LogP contribution in [-0.4, -0.2) is 15.7 Å². The van der Waals surface area contributed by atoms with Crippen LogP contribution in [0.4, 0.5) is 0 Å². The minimum Gasteiger partial charge on any atom is -0.377 e. The van der Waals surface area contributed by atoms with Crippen molar-refractivity contribution in [2.45, 2.75) is 57.0 Å². The van der Waals surface area contributed by atoms with E-state index in [1.54, 1.807) is 5.56 Å². The fourth-order valence-electron chi connectivity index (χ4n) is 6.38. The molecular weight excluding hydrogens is 294 g/mol. The van der Waals surface area contributed by atoms with Gasteiger partial charge in [0.05, 0.1) is 0 Å². The Morgan fingerprint density at radius 3 is 2.96 bits per heavy atom. The third-order valence-electron chi connectivity index (χ3n) is 7.79. The lowest BCUT2D eigenvalue weighted by atomic mass is 9.53. The molecule has 0 spiro atoms. The van der Waals surface area contributed by atoms with E-state index in [1.807, 2.05) is 6.20 Å². The summed E-state index contributed by atoms with van der Waals surface area (Å²) in [6.07, 6.45) is 14.3. The average molecular weight is 319 g/mol. The van der Waals surface area contributed by atoms with E-state index < -0.39 is 5.60 Å². The van der Waals surface area contributed by atoms with E-state index in [-0.39, 0.29) is 5.41 Å². The second kappa shape index (κ2) is 4.67. The molecule has 0 saturated heterocycles. The van der Waals surface area contributed by atoms with Crippen molar-refractivity contribution in [2.24, 2.45) is 17.3 Å². The minimum atomic E-state index is -0.895. The standard InChI is InChI=1S/C22H25NO/c1-3-22(24)10-7-19-17-5-4-14-13-20-15(8-11-23-20)12-18(14)16(17)6-9-21(19,22)2/h1,8,11-13,16-17,19,23-24H,4-7,9-10H2,2H3/t16?,17?,19?,21-,22-/m0/s1. The molecule has 0 aliphatic heterocycles. The number of aromatic amines is 1. The van der Waals surface area contributed by atoms with Crippen LogP contribution in [0.3, 0.4) is 0 Å². The van der Waals surface area contributed by atoms with Crippen molar-refractivity contribution >= 4 is 10.9 Å². The van der Waals surface area contributed by atoms with Crippen molar-refractivity contribution < 1.29 is 5.11 Å². The number of nitrogens with one attached hydrogen (secondary N) is 1. The molecule has 3 aliphatic rings. The molecule has 3 aliphatic carbocycles. The number of rotatable bonds is 0. The molecule has 3 unspecified atom stereocenters. The Bertz CT molecular complexity index is 858. The highest BCUT2D eigenvalue weighted by Gasteiger charge is 2.61. The van der Waals surface area contributed by atoms with E-state index in [1.165, 1.54) is 22.9 Å². The molecule has 5 rings (SSSR count). The van der Waals surface area contributed by atoms with E-state index in [9.17, 15) is 5.11 Å². The summed E-state index contributed by atoms with van der Waals surface area (Å²) in [6.45, 7) is 2.26. The maximum atomic E-state index is 11.0. The van der Waals surface area contributed by atoms with Crippen LogP contribution in [-0.2, 0) is 6.42 Å². The summed E-state index contributed by atoms with van der Waals surface area (Å²) in [5.74, 6) is 4.65. The molecule has 2 fully saturated rings. The number of benzene rings is 1. The van der Waals surface area contributed by atoms with Gasteiger partial charge >= 0.3 is 0 Å². The smallest absolute Gasteiger partial charge is 0.130 e. The average Bonchev–Trinajstić information content (AvgIpc) is 3.15. The summed E-state index contributed by atoms with van der Waals surface area (Å²) in [5.41, 5.74) is 3.36. The quantitative estimate of drug-likeness (QED) is 0.694. The number of H-pyrrole nitrogens is 1. The monoisotopic (exact) mass is 319 g/mol. The molecule has 0 amide bonds. The van der Waals surface area contributed by atoms with E-state index in [0.717, 1.165) is 32.1 Å². The van der Waals surface area contributed by atoms with E-state index in [2.05, 4.69) is 36.0 Å². The highest BCUT2D eigenvalue weighted by molar-refractivity contribution is 5.81. The molecule has 24 heavy (non-hydrogen) atoms. The van der Waals surface area contributed by atoms with Crippen LogP contribution in [0.5, 0.6) is 0 Å². The van der Waals surface area contributed by atoms with Crippen molar-refractivity contribution in [1.82, 2.24) is 4.98 Å². The van der Waals surface area contributed by atoms with E-state index in [4.69, 9.17) is 6.42 Å². The van der Waals surface area contributed by atoms with Crippen LogP contribution in [0, 0.1) is 29.6 Å². The summed E-state index contributed by atoms with van der Waals surface area (Å²) >= 11 is 0. The van der Waals surface area contributed by atoms with Gasteiger partial charge in [-0.1, -0.05) is 12.8 Å². The van der Waals surface area contributed by atoms with Gasteiger partial charge in [-0.3, -0.25) is 0 Å². The molecule has 124 valence electrons. The third kappa shape index (κ3) is 1.67. The maximum Gasteiger partial charge on any atom is 0.130 e. The molecule has 1 heterocycles. The van der Waals surface area contributed by atoms with Gasteiger partial charge in [-0.05, 0) is 91.0 Å². The minimum absolute atomic E-state index is 0.0986. The van der Waals surface area contributed by atoms with Gasteiger partial charge in [-0.2, -0.15) is 0 Å². The fourth-order valence-corrected chi connectivity index (χ4v) is 6.38. The second-order valence-corrected chi connectivity index (χ2v) is 8.53. The van der Waals surface area contributed by atoms with E-state index in [0.29, 0.717) is 17.8 Å².